The number of nitrogens with two attached hydrogens (primary N) is 1. The van der Waals surface area contributed by atoms with E-state index in [4.69, 9.17) is 15.4 Å². The summed E-state index contributed by atoms with van der Waals surface area (Å²) >= 11 is 0. The molecule has 8 heteroatoms. The SMILES string of the molecule is CC(OCS(=O)(=O)O)C(N)C(=O)O. The van der Waals surface area contributed by atoms with Gasteiger partial charge in [0.25, 0.3) is 10.1 Å². The van der Waals surface area contributed by atoms with Crippen LogP contribution in [0.4, 0.5) is 0 Å². The Balaban J connectivity index is 4.02. The molecule has 2 unspecified atom stereocenters. The Bertz CT molecular complexity index is 273. The number of carboxylic acids is 1. The second kappa shape index (κ2) is 4.51. The van der Waals surface area contributed by atoms with Crippen LogP contribution in [-0.4, -0.2) is 42.1 Å². The van der Waals surface area contributed by atoms with E-state index in [0.717, 1.165) is 0 Å². The van der Waals surface area contributed by atoms with Crippen molar-refractivity contribution in [2.75, 3.05) is 5.94 Å². The molecule has 0 radical (unpaired) electrons. The fourth-order valence-corrected chi connectivity index (χ4v) is 0.884. The van der Waals surface area contributed by atoms with Crippen LogP contribution in [-0.2, 0) is 19.6 Å². The van der Waals surface area contributed by atoms with Crippen LogP contribution in [0.25, 0.3) is 0 Å². The van der Waals surface area contributed by atoms with Crippen molar-refractivity contribution in [3.63, 3.8) is 0 Å². The number of hydrogen-bond acceptors (Lipinski definition) is 5. The van der Waals surface area contributed by atoms with Crippen LogP contribution in [0.1, 0.15) is 6.92 Å². The Labute approximate surface area is 75.2 Å². The number of aliphatic carboxylic acids is 1. The van der Waals surface area contributed by atoms with Crippen LogP contribution in [0.3, 0.4) is 0 Å². The molecule has 0 amide bonds. The number of rotatable bonds is 5. The first kappa shape index (κ1) is 12.3. The van der Waals surface area contributed by atoms with Crippen LogP contribution >= 0.6 is 0 Å². The number of hydrogen-bond donors (Lipinski definition) is 3. The van der Waals surface area contributed by atoms with E-state index < -0.39 is 34.2 Å². The fraction of sp³-hybridized carbons (Fsp3) is 0.800. The zero-order valence-corrected chi connectivity index (χ0v) is 7.69. The molecule has 0 aliphatic carbocycles. The summed E-state index contributed by atoms with van der Waals surface area (Å²) < 4.78 is 33.1. The van der Waals surface area contributed by atoms with Gasteiger partial charge in [-0.25, -0.2) is 0 Å². The monoisotopic (exact) mass is 213 g/mol. The van der Waals surface area contributed by atoms with Gasteiger partial charge in [0.2, 0.25) is 0 Å². The second-order valence-corrected chi connectivity index (χ2v) is 3.84. The molecule has 0 fully saturated rings. The van der Waals surface area contributed by atoms with E-state index in [-0.39, 0.29) is 0 Å². The zero-order valence-electron chi connectivity index (χ0n) is 6.87. The topological polar surface area (TPSA) is 127 Å². The lowest BCUT2D eigenvalue weighted by atomic mass is 10.2. The van der Waals surface area contributed by atoms with Crippen molar-refractivity contribution in [2.45, 2.75) is 19.1 Å². The van der Waals surface area contributed by atoms with E-state index in [1.165, 1.54) is 6.92 Å². The smallest absolute Gasteiger partial charge is 0.323 e. The zero-order chi connectivity index (χ0) is 10.6. The highest BCUT2D eigenvalue weighted by Crippen LogP contribution is 1.98. The normalized spacial score (nSPS) is 16.5. The van der Waals surface area contributed by atoms with Gasteiger partial charge in [0.15, 0.2) is 5.94 Å². The molecule has 0 rings (SSSR count). The largest absolute Gasteiger partial charge is 0.480 e. The van der Waals surface area contributed by atoms with Crippen molar-refractivity contribution in [1.29, 1.82) is 0 Å². The molecule has 0 aromatic heterocycles. The van der Waals surface area contributed by atoms with Gasteiger partial charge in [0.1, 0.15) is 6.04 Å². The van der Waals surface area contributed by atoms with Gasteiger partial charge >= 0.3 is 5.97 Å². The lowest BCUT2D eigenvalue weighted by Crippen LogP contribution is -2.42. The summed E-state index contributed by atoms with van der Waals surface area (Å²) in [5.74, 6) is -2.27. The Morgan fingerprint density at radius 1 is 1.62 bits per heavy atom. The summed E-state index contributed by atoms with van der Waals surface area (Å²) in [5.41, 5.74) is 5.09. The molecular formula is C5H11NO6S. The quantitative estimate of drug-likeness (QED) is 0.481. The summed E-state index contributed by atoms with van der Waals surface area (Å²) in [7, 11) is -4.25. The highest BCUT2D eigenvalue weighted by atomic mass is 32.2. The van der Waals surface area contributed by atoms with Crippen LogP contribution in [0.2, 0.25) is 0 Å². The van der Waals surface area contributed by atoms with Crippen molar-refractivity contribution in [3.8, 4) is 0 Å². The molecule has 78 valence electrons. The molecule has 0 aliphatic heterocycles. The molecule has 4 N–H and O–H groups in total. The second-order valence-electron chi connectivity index (χ2n) is 2.44. The Hall–Kier alpha value is -0.700. The van der Waals surface area contributed by atoms with Gasteiger partial charge in [0.05, 0.1) is 6.10 Å². The minimum atomic E-state index is -4.25. The van der Waals surface area contributed by atoms with Gasteiger partial charge in [0, 0.05) is 0 Å². The molecule has 0 aromatic rings. The average molecular weight is 213 g/mol. The Kier molecular flexibility index (Phi) is 4.27. The summed E-state index contributed by atoms with van der Waals surface area (Å²) in [5, 5.41) is 8.36. The third-order valence-corrected chi connectivity index (χ3v) is 1.70. The summed E-state index contributed by atoms with van der Waals surface area (Å²) in [6, 6.07) is -1.32. The molecule has 0 heterocycles. The number of carboxylic acid groups (broad SMARTS) is 1. The van der Waals surface area contributed by atoms with Crippen LogP contribution in [0.5, 0.6) is 0 Å². The maximum absolute atomic E-state index is 10.2. The van der Waals surface area contributed by atoms with Gasteiger partial charge in [-0.1, -0.05) is 0 Å². The first-order valence-corrected chi connectivity index (χ1v) is 4.90. The summed E-state index contributed by atoms with van der Waals surface area (Å²) in [4.78, 5) is 10.2. The van der Waals surface area contributed by atoms with E-state index in [9.17, 15) is 13.2 Å². The minimum absolute atomic E-state index is 0.963. The number of ether oxygens (including phenoxy) is 1. The third kappa shape index (κ3) is 5.53. The van der Waals surface area contributed by atoms with Crippen LogP contribution in [0, 0.1) is 0 Å². The first-order chi connectivity index (χ1) is 5.74. The van der Waals surface area contributed by atoms with E-state index in [2.05, 4.69) is 4.74 Å². The van der Waals surface area contributed by atoms with Gasteiger partial charge in [-0.3, -0.25) is 9.35 Å². The molecule has 0 saturated heterocycles. The van der Waals surface area contributed by atoms with E-state index >= 15 is 0 Å². The fourth-order valence-electron chi connectivity index (χ4n) is 0.498. The third-order valence-electron chi connectivity index (χ3n) is 1.27. The van der Waals surface area contributed by atoms with Crippen molar-refractivity contribution < 1.29 is 27.6 Å². The highest BCUT2D eigenvalue weighted by Gasteiger charge is 2.22. The molecule has 0 aliphatic rings. The predicted octanol–water partition coefficient (Wildman–Crippen LogP) is -1.35. The van der Waals surface area contributed by atoms with Gasteiger partial charge in [-0.15, -0.1) is 0 Å². The predicted molar refractivity (Wildman–Crippen MR) is 42.6 cm³/mol. The van der Waals surface area contributed by atoms with Crippen molar-refractivity contribution >= 4 is 16.1 Å². The Morgan fingerprint density at radius 3 is 2.38 bits per heavy atom. The molecular weight excluding hydrogens is 202 g/mol. The molecule has 0 aromatic carbocycles. The molecule has 0 saturated carbocycles. The van der Waals surface area contributed by atoms with Crippen molar-refractivity contribution in [3.05, 3.63) is 0 Å². The van der Waals surface area contributed by atoms with Crippen LogP contribution < -0.4 is 5.73 Å². The van der Waals surface area contributed by atoms with Crippen molar-refractivity contribution in [1.82, 2.24) is 0 Å². The minimum Gasteiger partial charge on any atom is -0.480 e. The van der Waals surface area contributed by atoms with E-state index in [1.807, 2.05) is 0 Å². The molecule has 13 heavy (non-hydrogen) atoms. The maximum atomic E-state index is 10.2. The maximum Gasteiger partial charge on any atom is 0.323 e. The molecule has 0 bridgehead atoms. The standard InChI is InChI=1S/C5H11NO6S/c1-3(4(6)5(7)8)12-2-13(9,10)11/h3-4H,2,6H2,1H3,(H,7,8)(H,9,10,11). The molecule has 0 spiro atoms. The van der Waals surface area contributed by atoms with Crippen LogP contribution in [0.15, 0.2) is 0 Å². The van der Waals surface area contributed by atoms with E-state index in [0.29, 0.717) is 0 Å². The molecule has 2 atom stereocenters. The first-order valence-electron chi connectivity index (χ1n) is 3.29. The average Bonchev–Trinajstić information content (AvgIpc) is 1.97. The van der Waals surface area contributed by atoms with Crippen molar-refractivity contribution in [2.24, 2.45) is 5.73 Å². The lowest BCUT2D eigenvalue weighted by molar-refractivity contribution is -0.141. The number of carbonyl (C=O) groups is 1. The van der Waals surface area contributed by atoms with Gasteiger partial charge in [-0.05, 0) is 6.92 Å². The summed E-state index contributed by atoms with van der Waals surface area (Å²) in [6.07, 6.45) is -0.987. The summed E-state index contributed by atoms with van der Waals surface area (Å²) in [6.45, 7) is 1.30. The van der Waals surface area contributed by atoms with Gasteiger partial charge in [-0.2, -0.15) is 8.42 Å². The van der Waals surface area contributed by atoms with E-state index in [1.54, 1.807) is 0 Å². The molecule has 7 nitrogen and oxygen atoms in total. The highest BCUT2D eigenvalue weighted by molar-refractivity contribution is 7.85. The lowest BCUT2D eigenvalue weighted by Gasteiger charge is -2.15. The van der Waals surface area contributed by atoms with Gasteiger partial charge < -0.3 is 15.6 Å². The Morgan fingerprint density at radius 2 is 2.08 bits per heavy atom.